The van der Waals surface area contributed by atoms with Crippen LogP contribution >= 0.6 is 0 Å². The van der Waals surface area contributed by atoms with Crippen molar-refractivity contribution >= 4 is 11.6 Å². The van der Waals surface area contributed by atoms with Gasteiger partial charge in [0.1, 0.15) is 5.82 Å². The molecular weight excluding hydrogens is 395 g/mol. The molecule has 166 valence electrons. The second kappa shape index (κ2) is 9.22. The molecule has 2 aliphatic heterocycles. The Morgan fingerprint density at radius 3 is 2.58 bits per heavy atom. The summed E-state index contributed by atoms with van der Waals surface area (Å²) in [5, 5.41) is 2.52. The molecule has 31 heavy (non-hydrogen) atoms. The number of anilines is 1. The molecule has 4 rings (SSSR count). The van der Waals surface area contributed by atoms with Crippen molar-refractivity contribution in [3.63, 3.8) is 0 Å². The van der Waals surface area contributed by atoms with Gasteiger partial charge in [-0.25, -0.2) is 4.39 Å². The highest BCUT2D eigenvalue weighted by molar-refractivity contribution is 5.94. The van der Waals surface area contributed by atoms with E-state index in [1.165, 1.54) is 6.07 Å². The van der Waals surface area contributed by atoms with Gasteiger partial charge in [-0.05, 0) is 56.5 Å². The number of halogens is 1. The first kappa shape index (κ1) is 21.6. The molecule has 2 aliphatic rings. The van der Waals surface area contributed by atoms with E-state index in [2.05, 4.69) is 26.2 Å². The number of benzene rings is 1. The molecule has 6 nitrogen and oxygen atoms in total. The molecule has 1 aromatic heterocycles. The van der Waals surface area contributed by atoms with E-state index in [9.17, 15) is 14.0 Å². The maximum absolute atomic E-state index is 14.6. The van der Waals surface area contributed by atoms with E-state index >= 15 is 0 Å². The van der Waals surface area contributed by atoms with Crippen molar-refractivity contribution in [2.45, 2.75) is 44.6 Å². The van der Waals surface area contributed by atoms with Gasteiger partial charge in [-0.1, -0.05) is 13.0 Å². The Hall–Kier alpha value is -2.67. The first-order chi connectivity index (χ1) is 15.0. The molecule has 0 radical (unpaired) electrons. The Bertz CT molecular complexity index is 997. The van der Waals surface area contributed by atoms with E-state index in [-0.39, 0.29) is 17.3 Å². The van der Waals surface area contributed by atoms with Gasteiger partial charge in [-0.15, -0.1) is 0 Å². The van der Waals surface area contributed by atoms with Gasteiger partial charge in [-0.2, -0.15) is 0 Å². The first-order valence-corrected chi connectivity index (χ1v) is 11.2. The number of likely N-dealkylation sites (tertiary alicyclic amines) is 1. The fourth-order valence-corrected chi connectivity index (χ4v) is 4.93. The number of H-pyrrole nitrogens is 1. The molecular formula is C24H31FN4O2. The maximum atomic E-state index is 14.6. The van der Waals surface area contributed by atoms with E-state index in [1.807, 2.05) is 13.0 Å². The third-order valence-electron chi connectivity index (χ3n) is 6.81. The Morgan fingerprint density at radius 2 is 1.94 bits per heavy atom. The number of piperidine rings is 1. The monoisotopic (exact) mass is 426 g/mol. The summed E-state index contributed by atoms with van der Waals surface area (Å²) in [6, 6.07) is 9.22. The Morgan fingerprint density at radius 1 is 1.16 bits per heavy atom. The van der Waals surface area contributed by atoms with Crippen LogP contribution in [-0.4, -0.2) is 55.1 Å². The predicted molar refractivity (Wildman–Crippen MR) is 120 cm³/mol. The molecule has 0 spiro atoms. The molecule has 0 aliphatic carbocycles. The Labute approximate surface area is 182 Å². The lowest BCUT2D eigenvalue weighted by atomic mass is 10.0. The summed E-state index contributed by atoms with van der Waals surface area (Å²) >= 11 is 0. The van der Waals surface area contributed by atoms with Gasteiger partial charge in [0.25, 0.3) is 11.5 Å². The lowest BCUT2D eigenvalue weighted by Crippen LogP contribution is -2.44. The molecule has 7 heteroatoms. The molecule has 1 aromatic carbocycles. The van der Waals surface area contributed by atoms with Crippen LogP contribution in [0, 0.1) is 5.82 Å². The minimum atomic E-state index is -0.347. The van der Waals surface area contributed by atoms with Crippen molar-refractivity contribution < 1.29 is 9.18 Å². The highest BCUT2D eigenvalue weighted by Crippen LogP contribution is 2.31. The van der Waals surface area contributed by atoms with Crippen LogP contribution < -0.4 is 15.8 Å². The molecule has 0 bridgehead atoms. The maximum Gasteiger partial charge on any atom is 0.251 e. The Balaban J connectivity index is 1.35. The number of carbonyl (C=O) groups excluding carboxylic acids is 1. The average Bonchev–Trinajstić information content (AvgIpc) is 3.29. The molecule has 1 amide bonds. The van der Waals surface area contributed by atoms with Gasteiger partial charge in [0, 0.05) is 55.5 Å². The van der Waals surface area contributed by atoms with Crippen LogP contribution in [0.5, 0.6) is 0 Å². The number of carbonyl (C=O) groups is 1. The van der Waals surface area contributed by atoms with Crippen molar-refractivity contribution in [3.8, 4) is 0 Å². The zero-order valence-corrected chi connectivity index (χ0v) is 18.3. The van der Waals surface area contributed by atoms with Gasteiger partial charge in [0.05, 0.1) is 5.69 Å². The molecule has 2 N–H and O–H groups in total. The predicted octanol–water partition coefficient (Wildman–Crippen LogP) is 2.89. The number of pyridine rings is 1. The standard InChI is InChI=1S/C24H31FN4O2/c1-3-16-4-6-21(27-24(16)31)18-8-11-29(15-18)19-9-12-28(13-10-19)22-7-5-17(14-20(22)25)23(30)26-2/h4-7,14,18-19H,3,8-13,15H2,1-2H3,(H,26,30)(H,27,31). The van der Waals surface area contributed by atoms with Gasteiger partial charge >= 0.3 is 0 Å². The van der Waals surface area contributed by atoms with Crippen molar-refractivity contribution in [2.24, 2.45) is 0 Å². The number of nitrogens with one attached hydrogen (secondary N) is 2. The quantitative estimate of drug-likeness (QED) is 0.772. The second-order valence-electron chi connectivity index (χ2n) is 8.57. The number of aromatic amines is 1. The number of hydrogen-bond acceptors (Lipinski definition) is 4. The van der Waals surface area contributed by atoms with Crippen LogP contribution in [0.4, 0.5) is 10.1 Å². The number of amides is 1. The summed E-state index contributed by atoms with van der Waals surface area (Å²) < 4.78 is 14.6. The van der Waals surface area contributed by atoms with E-state index in [1.54, 1.807) is 19.2 Å². The zero-order valence-electron chi connectivity index (χ0n) is 18.3. The summed E-state index contributed by atoms with van der Waals surface area (Å²) in [6.45, 7) is 5.58. The number of nitrogens with zero attached hydrogens (tertiary/aromatic N) is 2. The van der Waals surface area contributed by atoms with Crippen molar-refractivity contribution in [3.05, 3.63) is 63.3 Å². The third-order valence-corrected chi connectivity index (χ3v) is 6.81. The second-order valence-corrected chi connectivity index (χ2v) is 8.57. The summed E-state index contributed by atoms with van der Waals surface area (Å²) in [6.07, 6.45) is 3.76. The van der Waals surface area contributed by atoms with Crippen LogP contribution in [0.3, 0.4) is 0 Å². The minimum Gasteiger partial charge on any atom is -0.369 e. The number of hydrogen-bond donors (Lipinski definition) is 2. The molecule has 2 saturated heterocycles. The average molecular weight is 427 g/mol. The van der Waals surface area contributed by atoms with E-state index < -0.39 is 0 Å². The third kappa shape index (κ3) is 4.51. The van der Waals surface area contributed by atoms with Crippen LogP contribution in [0.2, 0.25) is 0 Å². The zero-order chi connectivity index (χ0) is 22.0. The summed E-state index contributed by atoms with van der Waals surface area (Å²) in [5.74, 6) is -0.259. The molecule has 1 unspecified atom stereocenters. The Kier molecular flexibility index (Phi) is 6.41. The van der Waals surface area contributed by atoms with Gasteiger partial charge in [0.15, 0.2) is 0 Å². The summed E-state index contributed by atoms with van der Waals surface area (Å²) in [7, 11) is 1.54. The van der Waals surface area contributed by atoms with Gasteiger partial charge in [-0.3, -0.25) is 14.5 Å². The van der Waals surface area contributed by atoms with E-state index in [0.717, 1.165) is 63.1 Å². The van der Waals surface area contributed by atoms with E-state index in [0.29, 0.717) is 23.2 Å². The molecule has 3 heterocycles. The van der Waals surface area contributed by atoms with Gasteiger partial charge in [0.2, 0.25) is 0 Å². The molecule has 1 atom stereocenters. The summed E-state index contributed by atoms with van der Waals surface area (Å²) in [4.78, 5) is 31.6. The molecule has 2 fully saturated rings. The minimum absolute atomic E-state index is 0.0382. The fourth-order valence-electron chi connectivity index (χ4n) is 4.93. The SMILES string of the molecule is CCc1ccc(C2CCN(C3CCN(c4ccc(C(=O)NC)cc4F)CC3)C2)[nH]c1=O. The van der Waals surface area contributed by atoms with Crippen LogP contribution in [0.1, 0.15) is 53.7 Å². The summed E-state index contributed by atoms with van der Waals surface area (Å²) in [5.41, 5.74) is 2.82. The van der Waals surface area contributed by atoms with Crippen LogP contribution in [-0.2, 0) is 6.42 Å². The lowest BCUT2D eigenvalue weighted by molar-refractivity contribution is 0.0962. The topological polar surface area (TPSA) is 68.4 Å². The number of aryl methyl sites for hydroxylation is 1. The van der Waals surface area contributed by atoms with Crippen LogP contribution in [0.25, 0.3) is 0 Å². The first-order valence-electron chi connectivity index (χ1n) is 11.2. The number of aromatic nitrogens is 1. The molecule has 0 saturated carbocycles. The van der Waals surface area contributed by atoms with E-state index in [4.69, 9.17) is 0 Å². The highest BCUT2D eigenvalue weighted by atomic mass is 19.1. The normalized spacial score (nSPS) is 20.2. The largest absolute Gasteiger partial charge is 0.369 e. The molecule has 2 aromatic rings. The van der Waals surface area contributed by atoms with Crippen molar-refractivity contribution in [1.29, 1.82) is 0 Å². The fraction of sp³-hybridized carbons (Fsp3) is 0.500. The highest BCUT2D eigenvalue weighted by Gasteiger charge is 2.32. The van der Waals surface area contributed by atoms with Gasteiger partial charge < -0.3 is 15.2 Å². The number of rotatable bonds is 5. The van der Waals surface area contributed by atoms with Crippen LogP contribution in [0.15, 0.2) is 35.1 Å². The van der Waals surface area contributed by atoms with Crippen molar-refractivity contribution in [1.82, 2.24) is 15.2 Å². The van der Waals surface area contributed by atoms with Crippen molar-refractivity contribution in [2.75, 3.05) is 38.1 Å². The smallest absolute Gasteiger partial charge is 0.251 e. The lowest BCUT2D eigenvalue weighted by Gasteiger charge is -2.38.